The zero-order valence-corrected chi connectivity index (χ0v) is 15.7. The monoisotopic (exact) mass is 394 g/mol. The summed E-state index contributed by atoms with van der Waals surface area (Å²) < 4.78 is 29.0. The summed E-state index contributed by atoms with van der Waals surface area (Å²) in [5.41, 5.74) is 1.01. The number of benzene rings is 1. The Balaban J connectivity index is 0. The third kappa shape index (κ3) is 17.1. The third-order valence-corrected chi connectivity index (χ3v) is 3.22. The van der Waals surface area contributed by atoms with Gasteiger partial charge in [-0.05, 0) is 31.0 Å². The van der Waals surface area contributed by atoms with Gasteiger partial charge in [-0.3, -0.25) is 14.3 Å². The van der Waals surface area contributed by atoms with Crippen LogP contribution in [0.1, 0.15) is 12.5 Å². The SMILES string of the molecule is C=C.C=CC(C)OP(=O)(O)O.C=CCc1ccc(OP(=O)(O)O)cc1. The van der Waals surface area contributed by atoms with Crippen molar-refractivity contribution in [2.75, 3.05) is 0 Å². The van der Waals surface area contributed by atoms with Crippen LogP contribution < -0.4 is 4.52 Å². The van der Waals surface area contributed by atoms with Crippen LogP contribution in [-0.2, 0) is 20.1 Å². The van der Waals surface area contributed by atoms with Gasteiger partial charge in [0, 0.05) is 0 Å². The second-order valence-electron chi connectivity index (χ2n) is 4.26. The largest absolute Gasteiger partial charge is 0.524 e. The van der Waals surface area contributed by atoms with E-state index >= 15 is 0 Å². The van der Waals surface area contributed by atoms with E-state index in [2.05, 4.69) is 35.4 Å². The van der Waals surface area contributed by atoms with E-state index in [1.165, 1.54) is 25.1 Å². The van der Waals surface area contributed by atoms with Crippen LogP contribution in [0.25, 0.3) is 0 Å². The fourth-order valence-corrected chi connectivity index (χ4v) is 2.17. The summed E-state index contributed by atoms with van der Waals surface area (Å²) in [5, 5.41) is 0. The molecule has 0 aliphatic carbocycles. The summed E-state index contributed by atoms with van der Waals surface area (Å²) in [6.45, 7) is 14.4. The molecule has 0 saturated carbocycles. The Labute approximate surface area is 147 Å². The van der Waals surface area contributed by atoms with E-state index in [9.17, 15) is 9.13 Å². The summed E-state index contributed by atoms with van der Waals surface area (Å²) in [6, 6.07) is 6.48. The predicted octanol–water partition coefficient (Wildman–Crippen LogP) is 3.36. The van der Waals surface area contributed by atoms with E-state index < -0.39 is 21.7 Å². The summed E-state index contributed by atoms with van der Waals surface area (Å²) in [6.07, 6.45) is 3.17. The first-order valence-electron chi connectivity index (χ1n) is 6.78. The van der Waals surface area contributed by atoms with E-state index in [1.54, 1.807) is 18.2 Å². The van der Waals surface area contributed by atoms with Gasteiger partial charge in [0.2, 0.25) is 0 Å². The molecule has 0 bridgehead atoms. The number of hydrogen-bond donors (Lipinski definition) is 4. The highest BCUT2D eigenvalue weighted by atomic mass is 31.2. The Morgan fingerprint density at radius 1 is 1.04 bits per heavy atom. The topological polar surface area (TPSA) is 134 Å². The van der Waals surface area contributed by atoms with Crippen LogP contribution in [-0.4, -0.2) is 25.7 Å². The molecule has 0 aromatic heterocycles. The molecule has 10 heteroatoms. The molecule has 0 aliphatic rings. The highest BCUT2D eigenvalue weighted by Crippen LogP contribution is 2.38. The second-order valence-corrected chi connectivity index (χ2v) is 6.61. The quantitative estimate of drug-likeness (QED) is 0.409. The molecule has 0 spiro atoms. The molecular weight excluding hydrogens is 370 g/mol. The van der Waals surface area contributed by atoms with Crippen molar-refractivity contribution >= 4 is 15.6 Å². The van der Waals surface area contributed by atoms with Crippen molar-refractivity contribution in [1.29, 1.82) is 0 Å². The molecule has 1 rings (SSSR count). The van der Waals surface area contributed by atoms with E-state index in [0.717, 1.165) is 12.0 Å². The normalized spacial score (nSPS) is 11.7. The van der Waals surface area contributed by atoms with Crippen molar-refractivity contribution in [2.45, 2.75) is 19.4 Å². The van der Waals surface area contributed by atoms with Gasteiger partial charge in [0.1, 0.15) is 5.75 Å². The molecule has 0 amide bonds. The molecule has 1 unspecified atom stereocenters. The van der Waals surface area contributed by atoms with Crippen molar-refractivity contribution < 1.29 is 37.8 Å². The molecule has 1 aromatic rings. The summed E-state index contributed by atoms with van der Waals surface area (Å²) >= 11 is 0. The molecule has 25 heavy (non-hydrogen) atoms. The zero-order chi connectivity index (χ0) is 20.1. The molecule has 0 radical (unpaired) electrons. The van der Waals surface area contributed by atoms with Gasteiger partial charge in [0.25, 0.3) is 0 Å². The van der Waals surface area contributed by atoms with Crippen LogP contribution in [0.3, 0.4) is 0 Å². The van der Waals surface area contributed by atoms with Gasteiger partial charge < -0.3 is 14.3 Å². The van der Waals surface area contributed by atoms with Crippen molar-refractivity contribution in [3.05, 3.63) is 68.3 Å². The van der Waals surface area contributed by atoms with E-state index in [4.69, 9.17) is 19.6 Å². The Kier molecular flexibility index (Phi) is 13.2. The fraction of sp³-hybridized carbons (Fsp3) is 0.200. The zero-order valence-electron chi connectivity index (χ0n) is 13.9. The van der Waals surface area contributed by atoms with Crippen LogP contribution in [0.2, 0.25) is 0 Å². The molecule has 1 aromatic carbocycles. The van der Waals surface area contributed by atoms with Crippen molar-refractivity contribution in [1.82, 2.24) is 0 Å². The minimum Gasteiger partial charge on any atom is -0.404 e. The highest BCUT2D eigenvalue weighted by Gasteiger charge is 2.16. The molecular formula is C15H24O8P2. The minimum atomic E-state index is -4.44. The fourth-order valence-electron chi connectivity index (χ4n) is 1.25. The lowest BCUT2D eigenvalue weighted by Gasteiger charge is -2.07. The lowest BCUT2D eigenvalue weighted by atomic mass is 10.1. The Morgan fingerprint density at radius 2 is 1.52 bits per heavy atom. The standard InChI is InChI=1S/C9H11O4P.C4H9O4P.C2H4/c1-2-3-8-4-6-9(7-5-8)13-14(10,11)12;1-3-4(2)8-9(5,6)7;1-2/h2,4-7H,1,3H2,(H2,10,11,12);3-4H,1H2,2H3,(H2,5,6,7);1-2H2. The third-order valence-electron chi connectivity index (χ3n) is 2.16. The lowest BCUT2D eigenvalue weighted by Crippen LogP contribution is -2.00. The molecule has 0 fully saturated rings. The summed E-state index contributed by atoms with van der Waals surface area (Å²) in [7, 11) is -8.75. The first kappa shape index (κ1) is 25.7. The number of hydrogen-bond acceptors (Lipinski definition) is 4. The predicted molar refractivity (Wildman–Crippen MR) is 97.1 cm³/mol. The van der Waals surface area contributed by atoms with E-state index in [1.807, 2.05) is 0 Å². The van der Waals surface area contributed by atoms with Crippen LogP contribution in [0.5, 0.6) is 5.75 Å². The van der Waals surface area contributed by atoms with E-state index in [0.29, 0.717) is 0 Å². The molecule has 8 nitrogen and oxygen atoms in total. The minimum absolute atomic E-state index is 0.158. The van der Waals surface area contributed by atoms with E-state index in [-0.39, 0.29) is 5.75 Å². The average molecular weight is 394 g/mol. The maximum absolute atomic E-state index is 10.5. The Bertz CT molecular complexity index is 602. The number of phosphoric ester groups is 2. The first-order valence-corrected chi connectivity index (χ1v) is 9.84. The first-order chi connectivity index (χ1) is 11.5. The number of rotatable bonds is 7. The van der Waals surface area contributed by atoms with Gasteiger partial charge in [-0.2, -0.15) is 0 Å². The molecule has 0 aliphatic heterocycles. The van der Waals surface area contributed by atoms with Gasteiger partial charge in [0.05, 0.1) is 6.10 Å². The van der Waals surface area contributed by atoms with Gasteiger partial charge in [-0.25, -0.2) is 9.13 Å². The summed E-state index contributed by atoms with van der Waals surface area (Å²) in [5.74, 6) is 0.158. The van der Waals surface area contributed by atoms with Crippen LogP contribution in [0, 0.1) is 0 Å². The van der Waals surface area contributed by atoms with Crippen LogP contribution >= 0.6 is 15.6 Å². The maximum atomic E-state index is 10.5. The van der Waals surface area contributed by atoms with Crippen LogP contribution in [0.15, 0.2) is 62.7 Å². The van der Waals surface area contributed by atoms with Crippen molar-refractivity contribution in [3.8, 4) is 5.75 Å². The highest BCUT2D eigenvalue weighted by molar-refractivity contribution is 7.46. The second kappa shape index (κ2) is 12.8. The molecule has 142 valence electrons. The average Bonchev–Trinajstić information content (AvgIpc) is 2.49. The molecule has 0 saturated heterocycles. The van der Waals surface area contributed by atoms with Gasteiger partial charge in [0.15, 0.2) is 0 Å². The van der Waals surface area contributed by atoms with Crippen LogP contribution in [0.4, 0.5) is 0 Å². The molecule has 0 heterocycles. The van der Waals surface area contributed by atoms with Gasteiger partial charge in [-0.15, -0.1) is 26.3 Å². The Morgan fingerprint density at radius 3 is 1.80 bits per heavy atom. The van der Waals surface area contributed by atoms with Crippen molar-refractivity contribution in [3.63, 3.8) is 0 Å². The Hall–Kier alpha value is -1.50. The molecule has 1 atom stereocenters. The molecule has 4 N–H and O–H groups in total. The number of allylic oxidation sites excluding steroid dienone is 1. The lowest BCUT2D eigenvalue weighted by molar-refractivity contribution is 0.171. The smallest absolute Gasteiger partial charge is 0.404 e. The van der Waals surface area contributed by atoms with Crippen molar-refractivity contribution in [2.24, 2.45) is 0 Å². The maximum Gasteiger partial charge on any atom is 0.524 e. The van der Waals surface area contributed by atoms with Gasteiger partial charge >= 0.3 is 15.6 Å². The number of phosphoric acid groups is 2. The van der Waals surface area contributed by atoms with Gasteiger partial charge in [-0.1, -0.05) is 24.3 Å². The summed E-state index contributed by atoms with van der Waals surface area (Å²) in [4.78, 5) is 33.4.